The van der Waals surface area contributed by atoms with Crippen LogP contribution < -0.4 is 5.73 Å². The molecule has 0 aliphatic heterocycles. The van der Waals surface area contributed by atoms with Crippen LogP contribution in [0.1, 0.15) is 17.0 Å². The molecule has 1 aromatic heterocycles. The molecule has 2 rings (SSSR count). The third kappa shape index (κ3) is 2.28. The van der Waals surface area contributed by atoms with E-state index in [0.29, 0.717) is 6.54 Å². The van der Waals surface area contributed by atoms with Crippen molar-refractivity contribution in [2.24, 2.45) is 5.73 Å². The van der Waals surface area contributed by atoms with Crippen LogP contribution in [-0.4, -0.2) is 21.5 Å². The standard InChI is InChI=1S/C12H16N4/c1-10-12(7-8-13)14-15-16(10)9-11-5-3-2-4-6-11/h2-6H,7-9,13H2,1H3. The van der Waals surface area contributed by atoms with Crippen LogP contribution in [-0.2, 0) is 13.0 Å². The van der Waals surface area contributed by atoms with Gasteiger partial charge in [-0.1, -0.05) is 35.5 Å². The van der Waals surface area contributed by atoms with Crippen molar-refractivity contribution >= 4 is 0 Å². The number of aromatic nitrogens is 3. The molecule has 0 spiro atoms. The Balaban J connectivity index is 2.16. The predicted octanol–water partition coefficient (Wildman–Crippen LogP) is 1.14. The van der Waals surface area contributed by atoms with Crippen LogP contribution in [0.3, 0.4) is 0 Å². The Kier molecular flexibility index (Phi) is 3.31. The van der Waals surface area contributed by atoms with Crippen molar-refractivity contribution in [3.8, 4) is 0 Å². The van der Waals surface area contributed by atoms with Crippen LogP contribution in [0.4, 0.5) is 0 Å². The molecule has 2 aromatic rings. The van der Waals surface area contributed by atoms with Crippen molar-refractivity contribution in [2.45, 2.75) is 19.9 Å². The lowest BCUT2D eigenvalue weighted by Crippen LogP contribution is -2.06. The third-order valence-electron chi connectivity index (χ3n) is 2.63. The lowest BCUT2D eigenvalue weighted by molar-refractivity contribution is 0.633. The monoisotopic (exact) mass is 216 g/mol. The smallest absolute Gasteiger partial charge is 0.0868 e. The lowest BCUT2D eigenvalue weighted by atomic mass is 10.2. The molecule has 0 fully saturated rings. The summed E-state index contributed by atoms with van der Waals surface area (Å²) in [6.45, 7) is 3.42. The quantitative estimate of drug-likeness (QED) is 0.833. The van der Waals surface area contributed by atoms with E-state index >= 15 is 0 Å². The van der Waals surface area contributed by atoms with E-state index in [1.807, 2.05) is 29.8 Å². The van der Waals surface area contributed by atoms with Crippen LogP contribution in [0.5, 0.6) is 0 Å². The Morgan fingerprint density at radius 2 is 2.00 bits per heavy atom. The van der Waals surface area contributed by atoms with E-state index in [-0.39, 0.29) is 0 Å². The van der Waals surface area contributed by atoms with Gasteiger partial charge in [-0.15, -0.1) is 5.10 Å². The highest BCUT2D eigenvalue weighted by Crippen LogP contribution is 2.07. The van der Waals surface area contributed by atoms with Crippen molar-refractivity contribution in [1.82, 2.24) is 15.0 Å². The van der Waals surface area contributed by atoms with Crippen LogP contribution in [0.25, 0.3) is 0 Å². The average molecular weight is 216 g/mol. The molecule has 0 amide bonds. The maximum Gasteiger partial charge on any atom is 0.0868 e. The van der Waals surface area contributed by atoms with Crippen molar-refractivity contribution in [2.75, 3.05) is 6.54 Å². The second-order valence-corrected chi connectivity index (χ2v) is 3.80. The Labute approximate surface area is 95.1 Å². The number of rotatable bonds is 4. The summed E-state index contributed by atoms with van der Waals surface area (Å²) < 4.78 is 1.92. The normalized spacial score (nSPS) is 10.6. The lowest BCUT2D eigenvalue weighted by Gasteiger charge is -2.03. The second kappa shape index (κ2) is 4.90. The van der Waals surface area contributed by atoms with E-state index in [1.165, 1.54) is 5.56 Å². The highest BCUT2D eigenvalue weighted by Gasteiger charge is 2.07. The molecule has 0 aliphatic carbocycles. The predicted molar refractivity (Wildman–Crippen MR) is 63.1 cm³/mol. The van der Waals surface area contributed by atoms with E-state index < -0.39 is 0 Å². The van der Waals surface area contributed by atoms with Gasteiger partial charge in [0.2, 0.25) is 0 Å². The molecule has 0 bridgehead atoms. The van der Waals surface area contributed by atoms with Gasteiger partial charge in [0.15, 0.2) is 0 Å². The molecule has 84 valence electrons. The molecule has 0 radical (unpaired) electrons. The molecule has 1 heterocycles. The summed E-state index contributed by atoms with van der Waals surface area (Å²) in [5.74, 6) is 0. The van der Waals surface area contributed by atoms with E-state index in [4.69, 9.17) is 5.73 Å². The first-order valence-electron chi connectivity index (χ1n) is 5.44. The zero-order chi connectivity index (χ0) is 11.4. The van der Waals surface area contributed by atoms with Gasteiger partial charge in [-0.3, -0.25) is 0 Å². The number of hydrogen-bond acceptors (Lipinski definition) is 3. The number of nitrogens with zero attached hydrogens (tertiary/aromatic N) is 3. The summed E-state index contributed by atoms with van der Waals surface area (Å²) in [5, 5.41) is 8.28. The molecule has 0 unspecified atom stereocenters. The summed E-state index contributed by atoms with van der Waals surface area (Å²) in [6, 6.07) is 10.2. The van der Waals surface area contributed by atoms with Crippen LogP contribution in [0.2, 0.25) is 0 Å². The minimum atomic E-state index is 0.616. The highest BCUT2D eigenvalue weighted by molar-refractivity contribution is 5.16. The fourth-order valence-electron chi connectivity index (χ4n) is 1.67. The van der Waals surface area contributed by atoms with Crippen molar-refractivity contribution in [1.29, 1.82) is 0 Å². The molecule has 4 nitrogen and oxygen atoms in total. The highest BCUT2D eigenvalue weighted by atomic mass is 15.4. The van der Waals surface area contributed by atoms with E-state index in [2.05, 4.69) is 22.4 Å². The first-order chi connectivity index (χ1) is 7.81. The maximum atomic E-state index is 5.51. The molecule has 4 heteroatoms. The van der Waals surface area contributed by atoms with Crippen LogP contribution in [0.15, 0.2) is 30.3 Å². The molecule has 0 saturated heterocycles. The molecule has 16 heavy (non-hydrogen) atoms. The third-order valence-corrected chi connectivity index (χ3v) is 2.63. The Morgan fingerprint density at radius 3 is 2.69 bits per heavy atom. The Bertz CT molecular complexity index is 447. The summed E-state index contributed by atoms with van der Waals surface area (Å²) in [6.07, 6.45) is 0.792. The average Bonchev–Trinajstić information content (AvgIpc) is 2.64. The van der Waals surface area contributed by atoms with Gasteiger partial charge in [-0.2, -0.15) is 0 Å². The van der Waals surface area contributed by atoms with Gasteiger partial charge in [0, 0.05) is 6.42 Å². The molecule has 0 saturated carbocycles. The van der Waals surface area contributed by atoms with Gasteiger partial charge < -0.3 is 5.73 Å². The van der Waals surface area contributed by atoms with Gasteiger partial charge >= 0.3 is 0 Å². The van der Waals surface area contributed by atoms with Gasteiger partial charge in [0.05, 0.1) is 17.9 Å². The minimum absolute atomic E-state index is 0.616. The summed E-state index contributed by atoms with van der Waals surface area (Å²) in [4.78, 5) is 0. The molecular formula is C12H16N4. The number of nitrogens with two attached hydrogens (primary N) is 1. The zero-order valence-corrected chi connectivity index (χ0v) is 9.43. The molecular weight excluding hydrogens is 200 g/mol. The molecule has 0 atom stereocenters. The molecule has 2 N–H and O–H groups in total. The first-order valence-corrected chi connectivity index (χ1v) is 5.44. The largest absolute Gasteiger partial charge is 0.330 e. The van der Waals surface area contributed by atoms with Crippen molar-refractivity contribution in [3.63, 3.8) is 0 Å². The topological polar surface area (TPSA) is 56.7 Å². The van der Waals surface area contributed by atoms with E-state index in [1.54, 1.807) is 0 Å². The SMILES string of the molecule is Cc1c(CCN)nnn1Cc1ccccc1. The van der Waals surface area contributed by atoms with Gasteiger partial charge in [-0.05, 0) is 19.0 Å². The van der Waals surface area contributed by atoms with E-state index in [0.717, 1.165) is 24.4 Å². The molecule has 0 aliphatic rings. The summed E-state index contributed by atoms with van der Waals surface area (Å²) in [7, 11) is 0. The van der Waals surface area contributed by atoms with Crippen LogP contribution >= 0.6 is 0 Å². The summed E-state index contributed by atoms with van der Waals surface area (Å²) in [5.41, 5.74) is 8.85. The number of benzene rings is 1. The maximum absolute atomic E-state index is 5.51. The Hall–Kier alpha value is -1.68. The van der Waals surface area contributed by atoms with Gasteiger partial charge in [-0.25, -0.2) is 4.68 Å². The van der Waals surface area contributed by atoms with E-state index in [9.17, 15) is 0 Å². The van der Waals surface area contributed by atoms with Crippen LogP contribution in [0, 0.1) is 6.92 Å². The number of hydrogen-bond donors (Lipinski definition) is 1. The first kappa shape index (κ1) is 10.8. The summed E-state index contributed by atoms with van der Waals surface area (Å²) >= 11 is 0. The minimum Gasteiger partial charge on any atom is -0.330 e. The fraction of sp³-hybridized carbons (Fsp3) is 0.333. The Morgan fingerprint density at radius 1 is 1.25 bits per heavy atom. The van der Waals surface area contributed by atoms with Crippen molar-refractivity contribution < 1.29 is 0 Å². The molecule has 1 aromatic carbocycles. The zero-order valence-electron chi connectivity index (χ0n) is 9.43. The second-order valence-electron chi connectivity index (χ2n) is 3.80. The van der Waals surface area contributed by atoms with Gasteiger partial charge in [0.25, 0.3) is 0 Å². The van der Waals surface area contributed by atoms with Gasteiger partial charge in [0.1, 0.15) is 0 Å². The van der Waals surface area contributed by atoms with Crippen molar-refractivity contribution in [3.05, 3.63) is 47.3 Å². The fourth-order valence-corrected chi connectivity index (χ4v) is 1.67.